The van der Waals surface area contributed by atoms with Gasteiger partial charge in [0.2, 0.25) is 17.7 Å². The van der Waals surface area contributed by atoms with E-state index in [-0.39, 0.29) is 41.4 Å². The first-order chi connectivity index (χ1) is 11.9. The average molecular weight is 338 g/mol. The Labute approximate surface area is 147 Å². The zero-order valence-corrected chi connectivity index (χ0v) is 14.7. The molecule has 2 aliphatic carbocycles. The lowest BCUT2D eigenvalue weighted by molar-refractivity contribution is -0.146. The molecule has 1 heterocycles. The molecule has 1 aliphatic heterocycles. The van der Waals surface area contributed by atoms with Crippen LogP contribution in [-0.4, -0.2) is 28.7 Å². The molecule has 0 unspecified atom stereocenters. The van der Waals surface area contributed by atoms with E-state index in [1.165, 1.54) is 4.90 Å². The van der Waals surface area contributed by atoms with Crippen LogP contribution >= 0.6 is 0 Å². The summed E-state index contributed by atoms with van der Waals surface area (Å²) in [5.74, 6) is -0.907. The molecular weight excluding hydrogens is 316 g/mol. The second-order valence-electron chi connectivity index (χ2n) is 7.53. The van der Waals surface area contributed by atoms with Gasteiger partial charge < -0.3 is 5.32 Å². The van der Waals surface area contributed by atoms with Crippen molar-refractivity contribution in [2.75, 3.05) is 5.32 Å². The van der Waals surface area contributed by atoms with Crippen LogP contribution in [0.15, 0.2) is 30.4 Å². The normalized spacial score (nSPS) is 30.8. The van der Waals surface area contributed by atoms with Crippen molar-refractivity contribution in [1.82, 2.24) is 4.90 Å². The van der Waals surface area contributed by atoms with Gasteiger partial charge in [0.05, 0.1) is 11.8 Å². The maximum absolute atomic E-state index is 12.8. The zero-order chi connectivity index (χ0) is 17.9. The second-order valence-corrected chi connectivity index (χ2v) is 7.53. The first-order valence-corrected chi connectivity index (χ1v) is 8.82. The van der Waals surface area contributed by atoms with E-state index in [4.69, 9.17) is 0 Å². The third-order valence-corrected chi connectivity index (χ3v) is 5.92. The summed E-state index contributed by atoms with van der Waals surface area (Å²) >= 11 is 0. The molecule has 2 bridgehead atoms. The summed E-state index contributed by atoms with van der Waals surface area (Å²) in [5.41, 5.74) is 2.71. The molecule has 2 fully saturated rings. The fraction of sp³-hybridized carbons (Fsp3) is 0.450. The summed E-state index contributed by atoms with van der Waals surface area (Å²) in [6.45, 7) is 5.50. The molecule has 4 rings (SSSR count). The predicted octanol–water partition coefficient (Wildman–Crippen LogP) is 2.44. The minimum Gasteiger partial charge on any atom is -0.324 e. The van der Waals surface area contributed by atoms with Gasteiger partial charge in [0, 0.05) is 5.69 Å². The Hall–Kier alpha value is -2.43. The molecule has 5 atom stereocenters. The quantitative estimate of drug-likeness (QED) is 0.680. The van der Waals surface area contributed by atoms with Gasteiger partial charge in [-0.25, -0.2) is 0 Å². The number of carbonyl (C=O) groups is 3. The van der Waals surface area contributed by atoms with E-state index in [1.54, 1.807) is 6.92 Å². The molecule has 5 heteroatoms. The largest absolute Gasteiger partial charge is 0.324 e. The van der Waals surface area contributed by atoms with Crippen molar-refractivity contribution < 1.29 is 14.4 Å². The average Bonchev–Trinajstić information content (AvgIpc) is 3.24. The highest BCUT2D eigenvalue weighted by Gasteiger charge is 2.60. The highest BCUT2D eigenvalue weighted by Crippen LogP contribution is 2.52. The van der Waals surface area contributed by atoms with E-state index in [1.807, 2.05) is 32.0 Å². The molecule has 1 aromatic carbocycles. The number of amides is 3. The van der Waals surface area contributed by atoms with Crippen molar-refractivity contribution in [2.45, 2.75) is 33.2 Å². The minimum atomic E-state index is -0.801. The highest BCUT2D eigenvalue weighted by molar-refractivity contribution is 6.10. The van der Waals surface area contributed by atoms with Crippen LogP contribution in [0.3, 0.4) is 0 Å². The number of likely N-dealkylation sites (tertiary alicyclic amines) is 1. The van der Waals surface area contributed by atoms with E-state index in [0.717, 1.165) is 23.2 Å². The molecule has 3 amide bonds. The Kier molecular flexibility index (Phi) is 3.56. The number of rotatable bonds is 3. The molecule has 0 radical (unpaired) electrons. The third kappa shape index (κ3) is 2.33. The molecule has 5 nitrogen and oxygen atoms in total. The lowest BCUT2D eigenvalue weighted by Gasteiger charge is -2.24. The molecule has 1 N–H and O–H groups in total. The predicted molar refractivity (Wildman–Crippen MR) is 93.6 cm³/mol. The maximum atomic E-state index is 12.8. The van der Waals surface area contributed by atoms with E-state index in [9.17, 15) is 14.4 Å². The number of benzene rings is 1. The first-order valence-electron chi connectivity index (χ1n) is 8.82. The van der Waals surface area contributed by atoms with E-state index >= 15 is 0 Å². The molecule has 0 spiro atoms. The monoisotopic (exact) mass is 338 g/mol. The molecule has 1 aromatic rings. The number of hydrogen-bond donors (Lipinski definition) is 1. The van der Waals surface area contributed by atoms with Gasteiger partial charge in [-0.05, 0) is 56.2 Å². The van der Waals surface area contributed by atoms with Crippen molar-refractivity contribution >= 4 is 23.4 Å². The maximum Gasteiger partial charge on any atom is 0.247 e. The van der Waals surface area contributed by atoms with Gasteiger partial charge >= 0.3 is 0 Å². The third-order valence-electron chi connectivity index (χ3n) is 5.92. The fourth-order valence-electron chi connectivity index (χ4n) is 4.53. The van der Waals surface area contributed by atoms with Gasteiger partial charge in [0.1, 0.15) is 6.04 Å². The Morgan fingerprint density at radius 1 is 1.12 bits per heavy atom. The smallest absolute Gasteiger partial charge is 0.247 e. The lowest BCUT2D eigenvalue weighted by atomic mass is 9.85. The number of nitrogens with zero attached hydrogens (tertiary/aromatic N) is 1. The molecule has 0 aromatic heterocycles. The minimum absolute atomic E-state index is 0.158. The van der Waals surface area contributed by atoms with Gasteiger partial charge in [-0.2, -0.15) is 0 Å². The highest BCUT2D eigenvalue weighted by atomic mass is 16.2. The van der Waals surface area contributed by atoms with Gasteiger partial charge in [-0.15, -0.1) is 0 Å². The summed E-state index contributed by atoms with van der Waals surface area (Å²) in [5, 5.41) is 2.87. The summed E-state index contributed by atoms with van der Waals surface area (Å²) in [6.07, 6.45) is 5.01. The number of anilines is 1. The van der Waals surface area contributed by atoms with Crippen molar-refractivity contribution in [2.24, 2.45) is 23.7 Å². The standard InChI is InChI=1S/C20H22N2O3/c1-10-4-5-11(2)15(8-10)21-18(23)12(3)22-19(24)16-13-6-7-14(9-13)17(16)20(22)25/h4-8,12-14,16-17H,9H2,1-3H3,(H,21,23)/t12-,13-,14-,16-,17+/m1/s1. The Morgan fingerprint density at radius 3 is 2.32 bits per heavy atom. The van der Waals surface area contributed by atoms with Crippen LogP contribution in [0.25, 0.3) is 0 Å². The lowest BCUT2D eigenvalue weighted by Crippen LogP contribution is -2.46. The summed E-state index contributed by atoms with van der Waals surface area (Å²) < 4.78 is 0. The van der Waals surface area contributed by atoms with Gasteiger partial charge in [-0.1, -0.05) is 24.3 Å². The number of carbonyl (C=O) groups excluding carboxylic acids is 3. The number of allylic oxidation sites excluding steroid dienone is 2. The van der Waals surface area contributed by atoms with Crippen LogP contribution < -0.4 is 5.32 Å². The van der Waals surface area contributed by atoms with Crippen molar-refractivity contribution in [3.8, 4) is 0 Å². The summed E-state index contributed by atoms with van der Waals surface area (Å²) in [6, 6.07) is 5.01. The van der Waals surface area contributed by atoms with Crippen LogP contribution in [0.2, 0.25) is 0 Å². The van der Waals surface area contributed by atoms with Crippen molar-refractivity contribution in [3.63, 3.8) is 0 Å². The van der Waals surface area contributed by atoms with E-state index in [0.29, 0.717) is 0 Å². The van der Waals surface area contributed by atoms with Crippen LogP contribution in [0, 0.1) is 37.5 Å². The van der Waals surface area contributed by atoms with Crippen LogP contribution in [0.4, 0.5) is 5.69 Å². The molecule has 1 saturated heterocycles. The number of hydrogen-bond acceptors (Lipinski definition) is 3. The topological polar surface area (TPSA) is 66.5 Å². The summed E-state index contributed by atoms with van der Waals surface area (Å²) in [4.78, 5) is 39.5. The Morgan fingerprint density at radius 2 is 1.72 bits per heavy atom. The van der Waals surface area contributed by atoms with Gasteiger partial charge in [0.15, 0.2) is 0 Å². The number of nitrogens with one attached hydrogen (secondary N) is 1. The van der Waals surface area contributed by atoms with Crippen molar-refractivity contribution in [1.29, 1.82) is 0 Å². The van der Waals surface area contributed by atoms with Crippen LogP contribution in [-0.2, 0) is 14.4 Å². The van der Waals surface area contributed by atoms with E-state index in [2.05, 4.69) is 17.5 Å². The molecule has 3 aliphatic rings. The molecule has 1 saturated carbocycles. The molecule has 130 valence electrons. The fourth-order valence-corrected chi connectivity index (χ4v) is 4.53. The van der Waals surface area contributed by atoms with Gasteiger partial charge in [-0.3, -0.25) is 19.3 Å². The Bertz CT molecular complexity index is 783. The number of fused-ring (bicyclic) bond motifs is 5. The van der Waals surface area contributed by atoms with Crippen molar-refractivity contribution in [3.05, 3.63) is 41.5 Å². The number of aryl methyl sites for hydroxylation is 2. The Balaban J connectivity index is 1.54. The first kappa shape index (κ1) is 16.1. The van der Waals surface area contributed by atoms with E-state index < -0.39 is 6.04 Å². The van der Waals surface area contributed by atoms with Gasteiger partial charge in [0.25, 0.3) is 0 Å². The summed E-state index contributed by atoms with van der Waals surface area (Å²) in [7, 11) is 0. The molecular formula is C20H22N2O3. The SMILES string of the molecule is Cc1ccc(C)c(NC(=O)[C@@H](C)N2C(=O)[C@@H]3[C@H](C2=O)[C@@H]2C=C[C@@H]3C2)c1. The zero-order valence-electron chi connectivity index (χ0n) is 14.7. The van der Waals surface area contributed by atoms with Crippen LogP contribution in [0.5, 0.6) is 0 Å². The second kappa shape index (κ2) is 5.55. The molecule has 25 heavy (non-hydrogen) atoms. The van der Waals surface area contributed by atoms with Crippen LogP contribution in [0.1, 0.15) is 24.5 Å². The number of imide groups is 1.